The minimum atomic E-state index is -0.0992. The second-order valence-corrected chi connectivity index (χ2v) is 5.21. The Hall–Kier alpha value is -1.58. The van der Waals surface area contributed by atoms with Crippen molar-refractivity contribution in [3.05, 3.63) is 23.5 Å². The van der Waals surface area contributed by atoms with Crippen LogP contribution < -0.4 is 10.1 Å². The molecule has 4 nitrogen and oxygen atoms in total. The lowest BCUT2D eigenvalue weighted by Gasteiger charge is -2.20. The molecule has 1 aromatic heterocycles. The molecule has 0 amide bonds. The van der Waals surface area contributed by atoms with Gasteiger partial charge in [-0.3, -0.25) is 0 Å². The number of anilines is 1. The molecule has 0 aliphatic heterocycles. The van der Waals surface area contributed by atoms with Crippen molar-refractivity contribution in [1.82, 2.24) is 9.97 Å². The first-order valence-corrected chi connectivity index (χ1v) is 6.21. The first-order valence-electron chi connectivity index (χ1n) is 6.21. The zero-order valence-electron chi connectivity index (χ0n) is 12.2. The molecule has 100 valence electrons. The number of nitrogens with zero attached hydrogens (tertiary/aromatic N) is 2. The lowest BCUT2D eigenvalue weighted by molar-refractivity contribution is 0.340. The van der Waals surface area contributed by atoms with Gasteiger partial charge in [0, 0.05) is 12.5 Å². The number of ether oxygens (including phenoxy) is 1. The fourth-order valence-electron chi connectivity index (χ4n) is 1.44. The van der Waals surface area contributed by atoms with E-state index in [1.165, 1.54) is 0 Å². The van der Waals surface area contributed by atoms with Crippen molar-refractivity contribution in [2.45, 2.75) is 40.0 Å². The Kier molecular flexibility index (Phi) is 4.70. The van der Waals surface area contributed by atoms with Crippen LogP contribution in [-0.2, 0) is 5.41 Å². The van der Waals surface area contributed by atoms with Crippen molar-refractivity contribution in [2.24, 2.45) is 0 Å². The Morgan fingerprint density at radius 3 is 2.44 bits per heavy atom. The molecular formula is C14H23N3O. The third kappa shape index (κ3) is 3.45. The summed E-state index contributed by atoms with van der Waals surface area (Å²) in [7, 11) is 1.86. The molecule has 0 spiro atoms. The average Bonchev–Trinajstić information content (AvgIpc) is 2.30. The van der Waals surface area contributed by atoms with Gasteiger partial charge in [0.2, 0.25) is 5.88 Å². The zero-order chi connectivity index (χ0) is 13.8. The lowest BCUT2D eigenvalue weighted by atomic mass is 9.95. The fraction of sp³-hybridized carbons (Fsp3) is 0.571. The highest BCUT2D eigenvalue weighted by molar-refractivity contribution is 5.48. The molecule has 0 saturated carbocycles. The van der Waals surface area contributed by atoms with Gasteiger partial charge in [0.1, 0.15) is 18.2 Å². The summed E-state index contributed by atoms with van der Waals surface area (Å²) in [6.45, 7) is 10.7. The minimum absolute atomic E-state index is 0.0992. The van der Waals surface area contributed by atoms with Crippen LogP contribution in [0, 0.1) is 6.92 Å². The summed E-state index contributed by atoms with van der Waals surface area (Å²) in [4.78, 5) is 9.05. The van der Waals surface area contributed by atoms with Crippen LogP contribution in [0.3, 0.4) is 0 Å². The minimum Gasteiger partial charge on any atom is -0.473 e. The molecule has 0 aromatic carbocycles. The van der Waals surface area contributed by atoms with Crippen LogP contribution in [-0.4, -0.2) is 23.6 Å². The van der Waals surface area contributed by atoms with Crippen molar-refractivity contribution in [2.75, 3.05) is 19.0 Å². The summed E-state index contributed by atoms with van der Waals surface area (Å²) in [6, 6.07) is 0. The highest BCUT2D eigenvalue weighted by Crippen LogP contribution is 2.27. The number of aromatic nitrogens is 2. The molecule has 0 aliphatic carbocycles. The summed E-state index contributed by atoms with van der Waals surface area (Å²) in [6.07, 6.45) is 3.91. The van der Waals surface area contributed by atoms with Gasteiger partial charge in [0.15, 0.2) is 0 Å². The van der Waals surface area contributed by atoms with Crippen LogP contribution in [0.15, 0.2) is 12.2 Å². The molecule has 18 heavy (non-hydrogen) atoms. The smallest absolute Gasteiger partial charge is 0.222 e. The molecule has 0 aliphatic rings. The average molecular weight is 249 g/mol. The maximum absolute atomic E-state index is 5.68. The van der Waals surface area contributed by atoms with E-state index in [4.69, 9.17) is 4.74 Å². The normalized spacial score (nSPS) is 11.9. The number of allylic oxidation sites excluding steroid dienone is 1. The van der Waals surface area contributed by atoms with E-state index in [2.05, 4.69) is 36.1 Å². The second-order valence-electron chi connectivity index (χ2n) is 5.21. The number of rotatable bonds is 4. The summed E-state index contributed by atoms with van der Waals surface area (Å²) >= 11 is 0. The van der Waals surface area contributed by atoms with Gasteiger partial charge in [-0.05, 0) is 13.8 Å². The predicted octanol–water partition coefficient (Wildman–Crippen LogP) is 3.08. The number of hydrogen-bond donors (Lipinski definition) is 1. The van der Waals surface area contributed by atoms with E-state index < -0.39 is 0 Å². The quantitative estimate of drug-likeness (QED) is 0.833. The van der Waals surface area contributed by atoms with Crippen molar-refractivity contribution < 1.29 is 4.74 Å². The standard InChI is InChI=1S/C14H23N3O/c1-7-8-9-18-12-10(2)11(15-6)16-13(17-12)14(3,4)5/h7-8H,9H2,1-6H3,(H,15,16,17)/b8-7+. The van der Waals surface area contributed by atoms with Crippen LogP contribution in [0.25, 0.3) is 0 Å². The maximum atomic E-state index is 5.68. The van der Waals surface area contributed by atoms with Crippen LogP contribution >= 0.6 is 0 Å². The van der Waals surface area contributed by atoms with Crippen LogP contribution in [0.1, 0.15) is 39.1 Å². The van der Waals surface area contributed by atoms with Crippen molar-refractivity contribution in [3.63, 3.8) is 0 Å². The summed E-state index contributed by atoms with van der Waals surface area (Å²) in [5.41, 5.74) is 0.841. The van der Waals surface area contributed by atoms with E-state index in [9.17, 15) is 0 Å². The number of hydrogen-bond acceptors (Lipinski definition) is 4. The predicted molar refractivity (Wildman–Crippen MR) is 75.3 cm³/mol. The molecule has 1 aromatic rings. The maximum Gasteiger partial charge on any atom is 0.222 e. The third-order valence-corrected chi connectivity index (χ3v) is 2.56. The largest absolute Gasteiger partial charge is 0.473 e. The molecule has 0 unspecified atom stereocenters. The molecule has 0 bridgehead atoms. The van der Waals surface area contributed by atoms with Crippen molar-refractivity contribution in [3.8, 4) is 5.88 Å². The highest BCUT2D eigenvalue weighted by Gasteiger charge is 2.21. The Morgan fingerprint density at radius 1 is 1.28 bits per heavy atom. The number of nitrogens with one attached hydrogen (secondary N) is 1. The topological polar surface area (TPSA) is 47.0 Å². The van der Waals surface area contributed by atoms with Crippen LogP contribution in [0.2, 0.25) is 0 Å². The Balaban J connectivity index is 3.14. The van der Waals surface area contributed by atoms with Crippen molar-refractivity contribution >= 4 is 5.82 Å². The molecule has 0 saturated heterocycles. The Morgan fingerprint density at radius 2 is 1.94 bits per heavy atom. The van der Waals surface area contributed by atoms with Gasteiger partial charge in [0.05, 0.1) is 5.56 Å². The van der Waals surface area contributed by atoms with Gasteiger partial charge in [-0.2, -0.15) is 4.98 Å². The molecule has 1 heterocycles. The molecule has 4 heteroatoms. The van der Waals surface area contributed by atoms with E-state index in [1.54, 1.807) is 0 Å². The van der Waals surface area contributed by atoms with Crippen LogP contribution in [0.5, 0.6) is 5.88 Å². The first kappa shape index (κ1) is 14.5. The van der Waals surface area contributed by atoms with Crippen molar-refractivity contribution in [1.29, 1.82) is 0 Å². The first-order chi connectivity index (χ1) is 8.40. The second kappa shape index (κ2) is 5.85. The lowest BCUT2D eigenvalue weighted by Crippen LogP contribution is -2.18. The molecule has 0 fully saturated rings. The monoisotopic (exact) mass is 249 g/mol. The zero-order valence-corrected chi connectivity index (χ0v) is 12.2. The fourth-order valence-corrected chi connectivity index (χ4v) is 1.44. The summed E-state index contributed by atoms with van der Waals surface area (Å²) in [5.74, 6) is 2.26. The van der Waals surface area contributed by atoms with E-state index in [0.29, 0.717) is 12.5 Å². The molecule has 1 rings (SSSR count). The van der Waals surface area contributed by atoms with Gasteiger partial charge in [0.25, 0.3) is 0 Å². The van der Waals surface area contributed by atoms with E-state index >= 15 is 0 Å². The van der Waals surface area contributed by atoms with Gasteiger partial charge in [-0.25, -0.2) is 4.98 Å². The molecule has 1 N–H and O–H groups in total. The Bertz CT molecular complexity index is 433. The summed E-state index contributed by atoms with van der Waals surface area (Å²) in [5, 5.41) is 3.09. The third-order valence-electron chi connectivity index (χ3n) is 2.56. The van der Waals surface area contributed by atoms with Gasteiger partial charge in [-0.1, -0.05) is 32.9 Å². The summed E-state index contributed by atoms with van der Waals surface area (Å²) < 4.78 is 5.68. The Labute approximate surface area is 109 Å². The molecular weight excluding hydrogens is 226 g/mol. The van der Waals surface area contributed by atoms with Gasteiger partial charge in [-0.15, -0.1) is 0 Å². The highest BCUT2D eigenvalue weighted by atomic mass is 16.5. The van der Waals surface area contributed by atoms with E-state index in [1.807, 2.05) is 33.0 Å². The van der Waals surface area contributed by atoms with Crippen LogP contribution in [0.4, 0.5) is 5.82 Å². The van der Waals surface area contributed by atoms with Gasteiger partial charge < -0.3 is 10.1 Å². The van der Waals surface area contributed by atoms with E-state index in [0.717, 1.165) is 17.2 Å². The molecule has 0 atom stereocenters. The molecule has 0 radical (unpaired) electrons. The van der Waals surface area contributed by atoms with E-state index in [-0.39, 0.29) is 5.41 Å². The SMILES string of the molecule is C/C=C/COc1nc(C(C)(C)C)nc(NC)c1C. The van der Waals surface area contributed by atoms with Gasteiger partial charge >= 0.3 is 0 Å².